The minimum absolute atomic E-state index is 0.203. The number of rotatable bonds is 5. The molecule has 2 heteroatoms. The van der Waals surface area contributed by atoms with Crippen LogP contribution in [0.3, 0.4) is 0 Å². The molecule has 2 nitrogen and oxygen atoms in total. The Morgan fingerprint density at radius 3 is 1.18 bits per heavy atom. The van der Waals surface area contributed by atoms with Crippen molar-refractivity contribution in [3.05, 3.63) is 119 Å². The Labute approximate surface area is 207 Å². The van der Waals surface area contributed by atoms with Gasteiger partial charge in [-0.2, -0.15) is 0 Å². The van der Waals surface area contributed by atoms with Crippen molar-refractivity contribution < 1.29 is 0 Å². The van der Waals surface area contributed by atoms with Gasteiger partial charge in [0.15, 0.2) is 0 Å². The molecular weight excluding hydrogens is 412 g/mol. The van der Waals surface area contributed by atoms with E-state index in [-0.39, 0.29) is 10.8 Å². The van der Waals surface area contributed by atoms with E-state index < -0.39 is 0 Å². The van der Waals surface area contributed by atoms with Crippen LogP contribution in [0.15, 0.2) is 96.4 Å². The fourth-order valence-corrected chi connectivity index (χ4v) is 4.41. The fraction of sp³-hybridized carbons (Fsp3) is 0.375. The lowest BCUT2D eigenvalue weighted by Gasteiger charge is -2.26. The molecule has 0 N–H and O–H groups in total. The van der Waals surface area contributed by atoms with Gasteiger partial charge in [0.2, 0.25) is 0 Å². The summed E-state index contributed by atoms with van der Waals surface area (Å²) in [6.07, 6.45) is 13.7. The van der Waals surface area contributed by atoms with Crippen LogP contribution in [-0.4, -0.2) is 22.9 Å². The molecule has 2 aromatic carbocycles. The zero-order valence-electron chi connectivity index (χ0n) is 21.8. The van der Waals surface area contributed by atoms with E-state index in [1.54, 1.807) is 0 Å². The third-order valence-electron chi connectivity index (χ3n) is 6.77. The Bertz CT molecular complexity index is 1010. The highest BCUT2D eigenvalue weighted by Gasteiger charge is 2.15. The van der Waals surface area contributed by atoms with Crippen molar-refractivity contribution in [1.29, 1.82) is 0 Å². The molecule has 0 bridgehead atoms. The average molecular weight is 453 g/mol. The zero-order valence-corrected chi connectivity index (χ0v) is 21.8. The third kappa shape index (κ3) is 6.11. The number of hydrogen-bond donors (Lipinski definition) is 0. The number of hydrogen-bond acceptors (Lipinski definition) is 2. The first-order valence-electron chi connectivity index (χ1n) is 12.5. The largest absolute Gasteiger partial charge is 0.369 e. The summed E-state index contributed by atoms with van der Waals surface area (Å²) in [5.41, 5.74) is 8.55. The van der Waals surface area contributed by atoms with Crippen LogP contribution < -0.4 is 0 Å². The molecule has 0 spiro atoms. The lowest BCUT2D eigenvalue weighted by atomic mass is 9.86. The molecule has 0 saturated carbocycles. The van der Waals surface area contributed by atoms with E-state index in [9.17, 15) is 0 Å². The van der Waals surface area contributed by atoms with Gasteiger partial charge in [-0.25, -0.2) is 0 Å². The molecule has 2 aromatic rings. The van der Waals surface area contributed by atoms with Gasteiger partial charge < -0.3 is 9.80 Å². The van der Waals surface area contributed by atoms with E-state index in [4.69, 9.17) is 0 Å². The molecule has 178 valence electrons. The molecule has 0 fully saturated rings. The van der Waals surface area contributed by atoms with E-state index in [2.05, 4.69) is 137 Å². The molecule has 34 heavy (non-hydrogen) atoms. The molecule has 0 atom stereocenters. The maximum absolute atomic E-state index is 2.37. The summed E-state index contributed by atoms with van der Waals surface area (Å²) < 4.78 is 0. The summed E-state index contributed by atoms with van der Waals surface area (Å²) in [6.45, 7) is 17.4. The van der Waals surface area contributed by atoms with Gasteiger partial charge in [0, 0.05) is 38.6 Å². The standard InChI is InChI=1S/C32H40N2/c1-31(2,3)29-11-7-25(8-12-29)23-33-19-15-27(16-20-33)28-17-21-34(22-18-28)24-26-9-13-30(14-10-26)32(4,5)6/h7-19,21H,20,22-24H2,1-6H3. The van der Waals surface area contributed by atoms with Gasteiger partial charge in [-0.3, -0.25) is 0 Å². The molecule has 0 aromatic heterocycles. The minimum Gasteiger partial charge on any atom is -0.369 e. The summed E-state index contributed by atoms with van der Waals surface area (Å²) in [5, 5.41) is 0. The summed E-state index contributed by atoms with van der Waals surface area (Å²) in [7, 11) is 0. The van der Waals surface area contributed by atoms with E-state index >= 15 is 0 Å². The summed E-state index contributed by atoms with van der Waals surface area (Å²) in [5.74, 6) is 0. The maximum Gasteiger partial charge on any atom is 0.0427 e. The van der Waals surface area contributed by atoms with Crippen molar-refractivity contribution in [2.75, 3.05) is 13.1 Å². The Kier molecular flexibility index (Phi) is 6.89. The second-order valence-electron chi connectivity index (χ2n) is 11.7. The number of benzene rings is 2. The fourth-order valence-electron chi connectivity index (χ4n) is 4.41. The van der Waals surface area contributed by atoms with Crippen molar-refractivity contribution in [2.45, 2.75) is 65.5 Å². The summed E-state index contributed by atoms with van der Waals surface area (Å²) >= 11 is 0. The predicted molar refractivity (Wildman–Crippen MR) is 146 cm³/mol. The summed E-state index contributed by atoms with van der Waals surface area (Å²) in [4.78, 5) is 4.74. The van der Waals surface area contributed by atoms with Crippen LogP contribution in [0.4, 0.5) is 0 Å². The Hall–Kier alpha value is -3.00. The normalized spacial score (nSPS) is 16.5. The summed E-state index contributed by atoms with van der Waals surface area (Å²) in [6, 6.07) is 18.2. The van der Waals surface area contributed by atoms with Crippen LogP contribution in [0.2, 0.25) is 0 Å². The highest BCUT2D eigenvalue weighted by molar-refractivity contribution is 5.49. The zero-order chi connectivity index (χ0) is 24.3. The second-order valence-corrected chi connectivity index (χ2v) is 11.7. The maximum atomic E-state index is 2.37. The first-order chi connectivity index (χ1) is 16.1. The number of nitrogens with zero attached hydrogens (tertiary/aromatic N) is 2. The lowest BCUT2D eigenvalue weighted by Crippen LogP contribution is -2.22. The van der Waals surface area contributed by atoms with Crippen molar-refractivity contribution in [3.8, 4) is 0 Å². The molecule has 0 unspecified atom stereocenters. The van der Waals surface area contributed by atoms with E-state index in [0.29, 0.717) is 0 Å². The van der Waals surface area contributed by atoms with Crippen molar-refractivity contribution in [1.82, 2.24) is 9.80 Å². The van der Waals surface area contributed by atoms with Crippen molar-refractivity contribution >= 4 is 0 Å². The van der Waals surface area contributed by atoms with Gasteiger partial charge in [0.05, 0.1) is 0 Å². The Morgan fingerprint density at radius 2 is 0.912 bits per heavy atom. The first-order valence-corrected chi connectivity index (χ1v) is 12.5. The molecule has 0 saturated heterocycles. The van der Waals surface area contributed by atoms with Gasteiger partial charge in [-0.15, -0.1) is 0 Å². The first kappa shape index (κ1) is 24.1. The topological polar surface area (TPSA) is 6.48 Å². The predicted octanol–water partition coefficient (Wildman–Crippen LogP) is 7.49. The molecule has 0 radical (unpaired) electrons. The molecule has 2 aliphatic heterocycles. The molecule has 0 aliphatic carbocycles. The lowest BCUT2D eigenvalue weighted by molar-refractivity contribution is 0.400. The SMILES string of the molecule is CC(C)(C)c1ccc(CN2C=CC(C3=CCN(Cc4ccc(C(C)(C)C)cc4)C=C3)=CC2)cc1. The highest BCUT2D eigenvalue weighted by atomic mass is 15.1. The van der Waals surface area contributed by atoms with Gasteiger partial charge in [0.25, 0.3) is 0 Å². The Morgan fingerprint density at radius 1 is 0.559 bits per heavy atom. The monoisotopic (exact) mass is 452 g/mol. The van der Waals surface area contributed by atoms with Crippen LogP contribution in [0.5, 0.6) is 0 Å². The van der Waals surface area contributed by atoms with Gasteiger partial charge in [-0.1, -0.05) is 102 Å². The van der Waals surface area contributed by atoms with Crippen molar-refractivity contribution in [2.24, 2.45) is 0 Å². The molecular formula is C32H40N2. The van der Waals surface area contributed by atoms with Crippen molar-refractivity contribution in [3.63, 3.8) is 0 Å². The van der Waals surface area contributed by atoms with Gasteiger partial charge >= 0.3 is 0 Å². The molecule has 2 aliphatic rings. The van der Waals surface area contributed by atoms with E-state index in [1.165, 1.54) is 33.4 Å². The minimum atomic E-state index is 0.203. The van der Waals surface area contributed by atoms with Crippen LogP contribution in [0.25, 0.3) is 0 Å². The second kappa shape index (κ2) is 9.70. The van der Waals surface area contributed by atoms with Gasteiger partial charge in [0.1, 0.15) is 0 Å². The molecule has 0 amide bonds. The van der Waals surface area contributed by atoms with Gasteiger partial charge in [-0.05, 0) is 56.4 Å². The molecule has 2 heterocycles. The van der Waals surface area contributed by atoms with E-state index in [1.807, 2.05) is 0 Å². The third-order valence-corrected chi connectivity index (χ3v) is 6.77. The average Bonchev–Trinajstić information content (AvgIpc) is 2.80. The van der Waals surface area contributed by atoms with Crippen LogP contribution in [0.1, 0.15) is 63.8 Å². The highest BCUT2D eigenvalue weighted by Crippen LogP contribution is 2.25. The smallest absolute Gasteiger partial charge is 0.0427 e. The van der Waals surface area contributed by atoms with Crippen LogP contribution >= 0.6 is 0 Å². The quantitative estimate of drug-likeness (QED) is 0.463. The number of allylic oxidation sites excluding steroid dienone is 4. The van der Waals surface area contributed by atoms with Crippen LogP contribution in [0, 0.1) is 0 Å². The molecule has 4 rings (SSSR count). The van der Waals surface area contributed by atoms with Crippen LogP contribution in [-0.2, 0) is 23.9 Å². The Balaban J connectivity index is 1.28. The van der Waals surface area contributed by atoms with E-state index in [0.717, 1.165) is 26.2 Å².